The number of nitrogens with two attached hydrogens (primary N) is 3. The number of rotatable bonds is 39. The van der Waals surface area contributed by atoms with E-state index in [0.29, 0.717) is 80.1 Å². The third-order valence-electron chi connectivity index (χ3n) is 22.8. The number of phenols is 1. The molecular weight excluding hydrogens is 1980 g/mol. The minimum Gasteiger partial charge on any atom is -0.744 e. The maximum absolute atomic E-state index is 13.5. The van der Waals surface area contributed by atoms with Crippen LogP contribution in [-0.4, -0.2) is 220 Å². The number of likely N-dealkylation sites (tertiary alicyclic amines) is 1. The molecule has 0 bridgehead atoms. The van der Waals surface area contributed by atoms with Gasteiger partial charge in [0.2, 0.25) is 23.7 Å². The first kappa shape index (κ1) is 104. The van der Waals surface area contributed by atoms with Gasteiger partial charge in [0.1, 0.15) is 70.9 Å². The second kappa shape index (κ2) is 44.1. The Hall–Kier alpha value is -17.8. The van der Waals surface area contributed by atoms with Gasteiger partial charge in [-0.25, -0.2) is 55.9 Å². The lowest BCUT2D eigenvalue weighted by Gasteiger charge is -2.27. The zero-order chi connectivity index (χ0) is 105. The average molecular weight is 2070 g/mol. The lowest BCUT2D eigenvalue weighted by molar-refractivity contribution is -0.143. The Morgan fingerprint density at radius 2 is 1.10 bits per heavy atom. The fourth-order valence-corrected chi connectivity index (χ4v) is 18.7. The number of benzene rings is 8. The van der Waals surface area contributed by atoms with Crippen molar-refractivity contribution in [2.75, 3.05) is 58.5 Å². The zero-order valence-electron chi connectivity index (χ0n) is 75.8. The molecule has 12 aromatic rings. The highest BCUT2D eigenvalue weighted by Gasteiger charge is 2.41. The van der Waals surface area contributed by atoms with E-state index < -0.39 is 183 Å². The summed E-state index contributed by atoms with van der Waals surface area (Å²) in [5.74, 6) is -14.3. The summed E-state index contributed by atoms with van der Waals surface area (Å²) in [5.41, 5.74) is 18.0. The number of H-pyrrole nitrogens is 2. The van der Waals surface area contributed by atoms with Crippen LogP contribution in [0.25, 0.3) is 46.6 Å². The third-order valence-corrected chi connectivity index (χ3v) is 26.3. The second-order valence-corrected chi connectivity index (χ2v) is 37.2. The molecule has 0 spiro atoms. The number of anilines is 6. The summed E-state index contributed by atoms with van der Waals surface area (Å²) in [7, 11) is -10.9. The van der Waals surface area contributed by atoms with Crippen LogP contribution in [0.4, 0.5) is 34.6 Å². The van der Waals surface area contributed by atoms with Crippen molar-refractivity contribution >= 4 is 202 Å². The second-order valence-electron chi connectivity index (χ2n) is 32.9. The molecule has 3 aliphatic rings. The Labute approximate surface area is 832 Å². The largest absolute Gasteiger partial charge is 0.744 e. The van der Waals surface area contributed by atoms with Crippen molar-refractivity contribution in [2.45, 2.75) is 91.6 Å². The quantitative estimate of drug-likeness (QED) is 0.00865. The summed E-state index contributed by atoms with van der Waals surface area (Å²) in [6.07, 6.45) is 1.34. The van der Waals surface area contributed by atoms with E-state index in [1.165, 1.54) is 73.1 Å². The molecule has 752 valence electrons. The molecule has 146 heavy (non-hydrogen) atoms. The molecule has 1 fully saturated rings. The predicted molar refractivity (Wildman–Crippen MR) is 525 cm³/mol. The van der Waals surface area contributed by atoms with Gasteiger partial charge in [-0.3, -0.25) is 62.8 Å². The SMILES string of the molecule is C=c1ccc2c(c1)Oc1cc(O)ccc1C=2c1cc(NC(=S)NCCCC(=O)CCC(NC(=O)c2ccc(NCc3cnc4nc(N)[nH]c(=O)c4n3)cc2)C(=O)O)ccc1C(=O)O.C=c1ccc2c(c1S(=O)(=O)[O-])Oc1c(ccc(N)c1S(=O)(=O)[O-])C=2c1ccc(C(=O)NCCN2C(=O)CC(SC[C@H](CC(=O)CC[C@H](NC(=O)c3ccc(NCc4cnc5nc(N)[nH]c(=O)c5n4)cc3)C(=O)O)C(=O)O)C2=O)cc1C(=O)O. The van der Waals surface area contributed by atoms with Crippen LogP contribution < -0.4 is 95.9 Å². The number of nitrogen functional groups attached to an aromatic ring is 3. The molecular formula is C95H83N19O28S4-2. The number of nitrogens with one attached hydrogen (secondary N) is 9. The molecule has 1 saturated heterocycles. The van der Waals surface area contributed by atoms with E-state index in [-0.39, 0.29) is 146 Å². The Kier molecular flexibility index (Phi) is 31.4. The van der Waals surface area contributed by atoms with Crippen LogP contribution in [0.15, 0.2) is 177 Å². The van der Waals surface area contributed by atoms with Crippen molar-refractivity contribution in [1.29, 1.82) is 0 Å². The van der Waals surface area contributed by atoms with Gasteiger partial charge in [-0.05, 0) is 168 Å². The Morgan fingerprint density at radius 3 is 1.66 bits per heavy atom. The number of aliphatic carboxylic acids is 3. The molecule has 0 saturated carbocycles. The monoisotopic (exact) mass is 2070 g/mol. The van der Waals surface area contributed by atoms with Crippen LogP contribution in [0.2, 0.25) is 0 Å². The van der Waals surface area contributed by atoms with E-state index in [4.69, 9.17) is 38.9 Å². The van der Waals surface area contributed by atoms with E-state index in [9.17, 15) is 124 Å². The molecule has 8 aromatic carbocycles. The molecule has 15 rings (SSSR count). The Morgan fingerprint density at radius 1 is 0.548 bits per heavy atom. The third kappa shape index (κ3) is 24.5. The minimum absolute atomic E-state index is 0.0178. The molecule has 51 heteroatoms. The Balaban J connectivity index is 0.000000240. The van der Waals surface area contributed by atoms with Crippen LogP contribution in [-0.2, 0) is 66.9 Å². The lowest BCUT2D eigenvalue weighted by Crippen LogP contribution is -2.41. The van der Waals surface area contributed by atoms with Crippen molar-refractivity contribution in [1.82, 2.24) is 66.0 Å². The smallest absolute Gasteiger partial charge is 0.336 e. The first-order valence-electron chi connectivity index (χ1n) is 43.6. The van der Waals surface area contributed by atoms with Gasteiger partial charge in [-0.15, -0.1) is 11.8 Å². The van der Waals surface area contributed by atoms with Crippen molar-refractivity contribution < 1.29 is 124 Å². The average Bonchev–Trinajstić information content (AvgIpc) is 0.756. The number of aromatic carboxylic acids is 2. The number of carbonyl (C=O) groups excluding carboxylic acids is 7. The topological polar surface area (TPSA) is 768 Å². The molecule has 0 radical (unpaired) electrons. The highest BCUT2D eigenvalue weighted by Crippen LogP contribution is 2.46. The number of hydrogen-bond acceptors (Lipinski definition) is 36. The number of phenolic OH excluding ortho intramolecular Hbond substituents is 1. The van der Waals surface area contributed by atoms with Crippen LogP contribution in [0.3, 0.4) is 0 Å². The van der Waals surface area contributed by atoms with Gasteiger partial charge < -0.3 is 104 Å². The number of thiocarbonyl (C=S) groups is 1. The van der Waals surface area contributed by atoms with Gasteiger partial charge in [0.05, 0.1) is 64.9 Å². The van der Waals surface area contributed by atoms with Crippen molar-refractivity contribution in [3.63, 3.8) is 0 Å². The van der Waals surface area contributed by atoms with E-state index in [1.54, 1.807) is 48.5 Å². The van der Waals surface area contributed by atoms with Crippen molar-refractivity contribution in [2.24, 2.45) is 5.92 Å². The number of fused-ring (bicyclic) bond motifs is 6. The predicted octanol–water partition coefficient (Wildman–Crippen LogP) is 3.05. The number of carboxylic acid groups (broad SMARTS) is 5. The first-order chi connectivity index (χ1) is 69.3. The van der Waals surface area contributed by atoms with Gasteiger partial charge in [0.15, 0.2) is 38.9 Å². The number of Topliss-reactive ketones (excluding diaryl/α,β-unsaturated/α-hetero) is 2. The molecule has 3 aliphatic heterocycles. The Bertz CT molecular complexity index is 8100. The molecule has 4 atom stereocenters. The van der Waals surface area contributed by atoms with E-state index >= 15 is 0 Å². The molecule has 21 N–H and O–H groups in total. The molecule has 5 amide bonds. The highest BCUT2D eigenvalue weighted by atomic mass is 32.2. The number of aromatic nitrogens is 8. The maximum atomic E-state index is 13.5. The number of ketones is 2. The molecule has 2 unspecified atom stereocenters. The van der Waals surface area contributed by atoms with Gasteiger partial charge in [-0.2, -0.15) is 9.97 Å². The number of ether oxygens (including phenoxy) is 2. The number of aromatic amines is 2. The summed E-state index contributed by atoms with van der Waals surface area (Å²) < 4.78 is 86.5. The summed E-state index contributed by atoms with van der Waals surface area (Å²) in [5, 5.41) is 79.7. The number of imide groups is 1. The number of aromatic hydroxyl groups is 1. The number of carboxylic acids is 5. The van der Waals surface area contributed by atoms with Crippen LogP contribution in [0.1, 0.15) is 137 Å². The maximum Gasteiger partial charge on any atom is 0.336 e. The van der Waals surface area contributed by atoms with Crippen molar-refractivity contribution in [3.05, 3.63) is 261 Å². The molecule has 7 heterocycles. The van der Waals surface area contributed by atoms with Crippen LogP contribution in [0, 0.1) is 5.92 Å². The zero-order valence-corrected chi connectivity index (χ0v) is 79.1. The standard InChI is InChI=1S/C51H46N10O19S3.C44H39N9O9S/c1-22-2-9-30-37(31-11-12-33(52)42(83(77,78)79)40(31)80-39(30)41(22)82(74,75)76)29-10-5-24(17-32(29)49(70)71)44(64)54-14-15-61-36(63)18-35(47(61)67)81-21-25(48(68)69)16-28(62)8-13-34(50(72)73)58-45(65)23-3-6-26(7-4-23)55-19-27-20-56-43-38(57-27)46(66)60-51(53)59-43;1-22-4-12-30-34(17-22)62-35-19-28(55)10-14-31(35)36(30)32-18-25(9-13-29(32)41(58)59)50-44(63)46-16-2-3-27(54)11-15-33(42(60)61)51-39(56)23-5-7-24(8-6-23)47-20-26-21-48-38-37(49-26)40(57)53-43(45)52-38/h2-7,9-12,17,20,25,34-35,55H,1,8,13-16,18-19,21,52H2,(H,54,64)(H,58,65)(H,68,69)(H,70,71)(H,72,73)(H,74,75,76)(H,77,78,79)(H3,53,56,59,60,66);4-10,12-14,17-19,21,33,47,55H,1-3,11,15-16,20H2,(H,51,56)(H,58,59)(H,60,61)(H2,46,50,63)(H3,45,48,52,53,57)/p-2/t25-,34-,35?;/m0./s1. The number of amides is 5. The lowest BCUT2D eigenvalue weighted by atomic mass is 9.88. The summed E-state index contributed by atoms with van der Waals surface area (Å²) in [6.45, 7) is 7.35. The number of nitrogens with zero attached hydrogens (tertiary/aromatic N) is 7. The fourth-order valence-electron chi connectivity index (χ4n) is 15.8. The number of thioether (sulfide) groups is 1. The van der Waals surface area contributed by atoms with Gasteiger partial charge in [-0.1, -0.05) is 37.4 Å². The molecule has 0 aliphatic carbocycles. The number of carbonyl (C=O) groups is 12. The fraction of sp³-hybridized carbons (Fsp3) is 0.189. The van der Waals surface area contributed by atoms with Gasteiger partial charge in [0, 0.05) is 130 Å². The summed E-state index contributed by atoms with van der Waals surface area (Å²) in [6, 6.07) is 31.5. The van der Waals surface area contributed by atoms with E-state index in [2.05, 4.69) is 90.2 Å². The van der Waals surface area contributed by atoms with Crippen LogP contribution >= 0.6 is 24.0 Å². The van der Waals surface area contributed by atoms with Gasteiger partial charge in [0.25, 0.3) is 28.8 Å². The minimum atomic E-state index is -5.49. The normalized spacial score (nSPS) is 13.5. The highest BCUT2D eigenvalue weighted by molar-refractivity contribution is 8.00. The summed E-state index contributed by atoms with van der Waals surface area (Å²) in [4.78, 5) is 205. The van der Waals surface area contributed by atoms with E-state index in [1.807, 2.05) is 0 Å². The van der Waals surface area contributed by atoms with E-state index in [0.717, 1.165) is 53.1 Å². The molecule has 47 nitrogen and oxygen atoms in total. The summed E-state index contributed by atoms with van der Waals surface area (Å²) >= 11 is 6.29. The number of hydrogen-bond donors (Lipinski definition) is 18. The molecule has 4 aromatic heterocycles. The first-order valence-corrected chi connectivity index (χ1v) is 47.9. The van der Waals surface area contributed by atoms with Crippen molar-refractivity contribution in [3.8, 4) is 28.7 Å². The van der Waals surface area contributed by atoms with Gasteiger partial charge >= 0.3 is 29.8 Å². The van der Waals surface area contributed by atoms with Crippen LogP contribution in [0.5, 0.6) is 28.7 Å².